The average Bonchev–Trinajstić information content (AvgIpc) is 3.29. The Kier molecular flexibility index (Phi) is 3.95. The molecular formula is C20H17FN4. The van der Waals surface area contributed by atoms with Crippen molar-refractivity contribution in [3.05, 3.63) is 59.7 Å². The van der Waals surface area contributed by atoms with Crippen molar-refractivity contribution in [2.24, 2.45) is 0 Å². The number of para-hydroxylation sites is 2. The van der Waals surface area contributed by atoms with Crippen LogP contribution in [0.1, 0.15) is 24.2 Å². The Hall–Kier alpha value is -3.13. The van der Waals surface area contributed by atoms with Crippen LogP contribution in [0.2, 0.25) is 0 Å². The monoisotopic (exact) mass is 332 g/mol. The lowest BCUT2D eigenvalue weighted by atomic mass is 10.1. The number of aromatic nitrogens is 2. The van der Waals surface area contributed by atoms with E-state index >= 15 is 0 Å². The number of imidazole rings is 1. The van der Waals surface area contributed by atoms with Gasteiger partial charge in [-0.25, -0.2) is 9.37 Å². The number of anilines is 1. The number of rotatable bonds is 3. The summed E-state index contributed by atoms with van der Waals surface area (Å²) in [6.45, 7) is 1.79. The van der Waals surface area contributed by atoms with Gasteiger partial charge in [-0.15, -0.1) is 0 Å². The number of hydrogen-bond acceptors (Lipinski definition) is 3. The summed E-state index contributed by atoms with van der Waals surface area (Å²) in [5.74, 6) is 0.241. The third-order valence-electron chi connectivity index (χ3n) is 4.49. The minimum atomic E-state index is -0.252. The van der Waals surface area contributed by atoms with Crippen LogP contribution in [0, 0.1) is 17.1 Å². The SMILES string of the molecule is N#C/C(=C/c1ccc(N2CCCC2)c(F)c1)c1nc2ccccc2[nH]1. The van der Waals surface area contributed by atoms with Crippen LogP contribution in [-0.2, 0) is 0 Å². The first-order valence-electron chi connectivity index (χ1n) is 8.36. The molecule has 1 fully saturated rings. The first kappa shape index (κ1) is 15.4. The van der Waals surface area contributed by atoms with Crippen LogP contribution in [0.4, 0.5) is 10.1 Å². The number of nitriles is 1. The maximum absolute atomic E-state index is 14.4. The molecule has 1 saturated heterocycles. The molecule has 0 saturated carbocycles. The maximum Gasteiger partial charge on any atom is 0.149 e. The van der Waals surface area contributed by atoms with Gasteiger partial charge >= 0.3 is 0 Å². The van der Waals surface area contributed by atoms with Crippen molar-refractivity contribution in [3.8, 4) is 6.07 Å². The third kappa shape index (κ3) is 2.99. The predicted octanol–water partition coefficient (Wildman–Crippen LogP) is 4.37. The molecule has 1 aliphatic rings. The molecule has 0 spiro atoms. The van der Waals surface area contributed by atoms with E-state index < -0.39 is 0 Å². The molecule has 4 rings (SSSR count). The van der Waals surface area contributed by atoms with Gasteiger partial charge in [-0.3, -0.25) is 0 Å². The van der Waals surface area contributed by atoms with Crippen LogP contribution in [-0.4, -0.2) is 23.1 Å². The number of fused-ring (bicyclic) bond motifs is 1. The van der Waals surface area contributed by atoms with E-state index in [0.717, 1.165) is 37.0 Å². The number of allylic oxidation sites excluding steroid dienone is 1. The normalized spacial score (nSPS) is 14.9. The highest BCUT2D eigenvalue weighted by atomic mass is 19.1. The largest absolute Gasteiger partial charge is 0.369 e. The molecule has 2 aromatic carbocycles. The zero-order valence-corrected chi connectivity index (χ0v) is 13.7. The Morgan fingerprint density at radius 1 is 1.20 bits per heavy atom. The van der Waals surface area contributed by atoms with Gasteiger partial charge < -0.3 is 9.88 Å². The van der Waals surface area contributed by atoms with E-state index in [0.29, 0.717) is 22.6 Å². The minimum absolute atomic E-state index is 0.252. The van der Waals surface area contributed by atoms with E-state index in [1.165, 1.54) is 6.07 Å². The van der Waals surface area contributed by atoms with E-state index in [2.05, 4.69) is 20.9 Å². The van der Waals surface area contributed by atoms with Gasteiger partial charge in [-0.1, -0.05) is 18.2 Å². The number of halogens is 1. The van der Waals surface area contributed by atoms with E-state index in [1.54, 1.807) is 12.1 Å². The molecule has 1 aromatic heterocycles. The zero-order valence-electron chi connectivity index (χ0n) is 13.7. The van der Waals surface area contributed by atoms with Crippen LogP contribution < -0.4 is 4.90 Å². The number of benzene rings is 2. The molecule has 0 bridgehead atoms. The molecule has 124 valence electrons. The van der Waals surface area contributed by atoms with Crippen molar-refractivity contribution in [2.75, 3.05) is 18.0 Å². The molecule has 0 unspecified atom stereocenters. The van der Waals surface area contributed by atoms with Gasteiger partial charge in [0, 0.05) is 13.1 Å². The summed E-state index contributed by atoms with van der Waals surface area (Å²) in [7, 11) is 0. The maximum atomic E-state index is 14.4. The standard InChI is InChI=1S/C20H17FN4/c21-16-12-14(7-8-19(16)25-9-3-4-10-25)11-15(13-22)20-23-17-5-1-2-6-18(17)24-20/h1-2,5-8,11-12H,3-4,9-10H2,(H,23,24)/b15-11-. The second-order valence-electron chi connectivity index (χ2n) is 6.18. The second-order valence-corrected chi connectivity index (χ2v) is 6.18. The highest BCUT2D eigenvalue weighted by Crippen LogP contribution is 2.26. The van der Waals surface area contributed by atoms with Gasteiger partial charge in [0.2, 0.25) is 0 Å². The molecule has 25 heavy (non-hydrogen) atoms. The first-order chi connectivity index (χ1) is 12.2. The summed E-state index contributed by atoms with van der Waals surface area (Å²) in [6.07, 6.45) is 3.87. The second kappa shape index (κ2) is 6.40. The molecule has 1 aliphatic heterocycles. The van der Waals surface area contributed by atoms with Gasteiger partial charge in [0.25, 0.3) is 0 Å². The van der Waals surface area contributed by atoms with Crippen molar-refractivity contribution in [3.63, 3.8) is 0 Å². The summed E-state index contributed by atoms with van der Waals surface area (Å²) >= 11 is 0. The van der Waals surface area contributed by atoms with Crippen LogP contribution >= 0.6 is 0 Å². The van der Waals surface area contributed by atoms with Gasteiger partial charge in [0.15, 0.2) is 0 Å². The predicted molar refractivity (Wildman–Crippen MR) is 97.4 cm³/mol. The Morgan fingerprint density at radius 2 is 2.00 bits per heavy atom. The summed E-state index contributed by atoms with van der Waals surface area (Å²) in [5.41, 5.74) is 3.34. The summed E-state index contributed by atoms with van der Waals surface area (Å²) in [4.78, 5) is 9.63. The number of hydrogen-bond donors (Lipinski definition) is 1. The van der Waals surface area contributed by atoms with Crippen molar-refractivity contribution >= 4 is 28.4 Å². The summed E-state index contributed by atoms with van der Waals surface area (Å²) < 4.78 is 14.4. The Morgan fingerprint density at radius 3 is 2.72 bits per heavy atom. The number of nitrogens with zero attached hydrogens (tertiary/aromatic N) is 3. The van der Waals surface area contributed by atoms with Gasteiger partial charge in [0.05, 0.1) is 22.3 Å². The van der Waals surface area contributed by atoms with E-state index in [4.69, 9.17) is 0 Å². The zero-order chi connectivity index (χ0) is 17.2. The number of aromatic amines is 1. The minimum Gasteiger partial charge on any atom is -0.369 e. The van der Waals surface area contributed by atoms with E-state index in [9.17, 15) is 9.65 Å². The highest BCUT2D eigenvalue weighted by molar-refractivity contribution is 5.90. The molecular weight excluding hydrogens is 315 g/mol. The van der Waals surface area contributed by atoms with Gasteiger partial charge in [-0.2, -0.15) is 5.26 Å². The molecule has 5 heteroatoms. The van der Waals surface area contributed by atoms with Crippen molar-refractivity contribution in [1.82, 2.24) is 9.97 Å². The van der Waals surface area contributed by atoms with Crippen LogP contribution in [0.3, 0.4) is 0 Å². The Labute approximate surface area is 145 Å². The lowest BCUT2D eigenvalue weighted by molar-refractivity contribution is 0.623. The molecule has 0 aliphatic carbocycles. The van der Waals surface area contributed by atoms with Crippen molar-refractivity contribution < 1.29 is 4.39 Å². The smallest absolute Gasteiger partial charge is 0.149 e. The molecule has 0 atom stereocenters. The summed E-state index contributed by atoms with van der Waals surface area (Å²) in [6, 6.07) is 14.9. The van der Waals surface area contributed by atoms with E-state index in [-0.39, 0.29) is 5.82 Å². The van der Waals surface area contributed by atoms with E-state index in [1.807, 2.05) is 30.3 Å². The topological polar surface area (TPSA) is 55.7 Å². The van der Waals surface area contributed by atoms with Crippen LogP contribution in [0.25, 0.3) is 22.7 Å². The highest BCUT2D eigenvalue weighted by Gasteiger charge is 2.16. The lowest BCUT2D eigenvalue weighted by Gasteiger charge is -2.18. The fraction of sp³-hybridized carbons (Fsp3) is 0.200. The fourth-order valence-electron chi connectivity index (χ4n) is 3.23. The molecule has 2 heterocycles. The van der Waals surface area contributed by atoms with Crippen LogP contribution in [0.5, 0.6) is 0 Å². The molecule has 1 N–H and O–H groups in total. The fourth-order valence-corrected chi connectivity index (χ4v) is 3.23. The average molecular weight is 332 g/mol. The molecule has 4 nitrogen and oxygen atoms in total. The first-order valence-corrected chi connectivity index (χ1v) is 8.36. The van der Waals surface area contributed by atoms with Crippen molar-refractivity contribution in [1.29, 1.82) is 5.26 Å². The third-order valence-corrected chi connectivity index (χ3v) is 4.49. The lowest BCUT2D eigenvalue weighted by Crippen LogP contribution is -2.18. The number of H-pyrrole nitrogens is 1. The Balaban J connectivity index is 1.68. The molecule has 0 amide bonds. The van der Waals surface area contributed by atoms with Crippen LogP contribution in [0.15, 0.2) is 42.5 Å². The van der Waals surface area contributed by atoms with Gasteiger partial charge in [-0.05, 0) is 48.7 Å². The van der Waals surface area contributed by atoms with Gasteiger partial charge in [0.1, 0.15) is 17.7 Å². The van der Waals surface area contributed by atoms with Crippen molar-refractivity contribution in [2.45, 2.75) is 12.8 Å². The summed E-state index contributed by atoms with van der Waals surface area (Å²) in [5, 5.41) is 9.48. The number of nitrogens with one attached hydrogen (secondary N) is 1. The molecule has 3 aromatic rings. The quantitative estimate of drug-likeness (QED) is 0.725. The Bertz CT molecular complexity index is 957. The molecule has 0 radical (unpaired) electrons.